The molecule has 2 aromatic carbocycles. The third-order valence-corrected chi connectivity index (χ3v) is 21.6. The van der Waals surface area contributed by atoms with Crippen LogP contribution in [0.3, 0.4) is 0 Å². The predicted octanol–water partition coefficient (Wildman–Crippen LogP) is 2.71. The number of ether oxygens (including phenoxy) is 2. The van der Waals surface area contributed by atoms with E-state index in [2.05, 4.69) is 36.6 Å². The summed E-state index contributed by atoms with van der Waals surface area (Å²) in [6.45, 7) is 16.9. The van der Waals surface area contributed by atoms with E-state index < -0.39 is 150 Å². The highest BCUT2D eigenvalue weighted by Crippen LogP contribution is 2.28. The van der Waals surface area contributed by atoms with Crippen LogP contribution in [0.25, 0.3) is 10.9 Å². The van der Waals surface area contributed by atoms with Crippen LogP contribution in [0.5, 0.6) is 0 Å². The number of aromatic nitrogens is 1. The van der Waals surface area contributed by atoms with Gasteiger partial charge in [-0.1, -0.05) is 103 Å². The molecule has 4 heterocycles. The number of para-hydroxylation sites is 1. The van der Waals surface area contributed by atoms with Crippen LogP contribution < -0.4 is 38.1 Å². The van der Waals surface area contributed by atoms with E-state index in [9.17, 15) is 82.1 Å². The summed E-state index contributed by atoms with van der Waals surface area (Å²) in [7, 11) is 0. The molecule has 1 aromatic heterocycles. The molecule has 9 atom stereocenters. The minimum absolute atomic E-state index is 0.00348. The fourth-order valence-electron chi connectivity index (χ4n) is 15.0. The Morgan fingerprint density at radius 2 is 1.12 bits per heavy atom. The summed E-state index contributed by atoms with van der Waals surface area (Å²) in [5.74, 6) is -11.3. The topological polar surface area (TPSA) is 472 Å². The Labute approximate surface area is 685 Å². The molecule has 3 aliphatic heterocycles. The standard InChI is InChI=1S/C84H124N14O19/c1-54(2)36-61(72(103)45-78(109)91-70(82(86)113)37-55(3)4)43-75(106)69(44-63-16-13-25-87-63)89-77(108)22-20-71(102)81(56(5)6)93-83(114)57(7)38-73(104)68(41-62-46-88-66-18-12-11-17-65(62)66)92-84(115)60(19-21-76(85)107)42-74(105)67(40-58-14-9-8-10-15-58)90-79(110)48-94-26-23-59(24-27-94)39-64(101)47-95-28-29-96(49-80(111)112)31-33-98(51-117-53-100)35-34-97(32-30-95)50-116-52-99/h8-12,14-18,25,46,52-57,59-61,67-70,72,81,88,103H,13,19-24,26-45,47-51H2,1-7H3,(H2,85,107)(H2,86,113)(H,89,108)(H,90,110)(H,91,109)(H,92,115)(H,93,114)(H,111,112)/t57-,60-,61-,67-,68+,69+,70+,72+,81+/m1/s1. The lowest BCUT2D eigenvalue weighted by molar-refractivity contribution is -0.139. The highest BCUT2D eigenvalue weighted by Gasteiger charge is 2.37. The van der Waals surface area contributed by atoms with Crippen LogP contribution in [0.1, 0.15) is 156 Å². The second-order valence-electron chi connectivity index (χ2n) is 32.6. The van der Waals surface area contributed by atoms with Crippen molar-refractivity contribution < 1.29 is 91.6 Å². The molecule has 7 amide bonds. The molecular weight excluding hydrogens is 1510 g/mol. The van der Waals surface area contributed by atoms with Gasteiger partial charge in [-0.3, -0.25) is 101 Å². The molecule has 644 valence electrons. The van der Waals surface area contributed by atoms with E-state index in [4.69, 9.17) is 20.9 Å². The number of carbonyl (C=O) groups is 15. The first-order valence-corrected chi connectivity index (χ1v) is 40.9. The van der Waals surface area contributed by atoms with Gasteiger partial charge in [0.2, 0.25) is 41.4 Å². The maximum atomic E-state index is 14.9. The SMILES string of the molecule is CC(C)C[C@H](CC(=O)[C@H](CC1=CCC=N1)NC(=O)CCC(=O)[C@@H](NC(=O)[C@H](C)CC(=O)[C@H](Cc1c[nH]c2ccccc12)NC(=O)[C@H](CCC(N)=O)CC(=O)[C@@H](Cc1ccccc1)NC(=O)CN1CCC(CC(=O)CN2CCN(COC=O)CCN(COC=O)CCN(CC(=O)O)CC2)CC1)C(C)C)[C@@H](O)CC(=O)N[C@@H](CC(C)C)C(N)=O. The van der Waals surface area contributed by atoms with Gasteiger partial charge in [-0.2, -0.15) is 0 Å². The first kappa shape index (κ1) is 96.0. The average molecular weight is 1630 g/mol. The van der Waals surface area contributed by atoms with Crippen molar-refractivity contribution in [3.63, 3.8) is 0 Å². The summed E-state index contributed by atoms with van der Waals surface area (Å²) in [5.41, 5.74) is 13.8. The van der Waals surface area contributed by atoms with E-state index in [1.165, 1.54) is 6.92 Å². The normalized spacial score (nSPS) is 17.4. The number of hydrogen-bond acceptors (Lipinski definition) is 24. The number of amides is 7. The number of nitrogens with zero attached hydrogens (tertiary/aromatic N) is 6. The second-order valence-corrected chi connectivity index (χ2v) is 32.6. The molecule has 0 unspecified atom stereocenters. The van der Waals surface area contributed by atoms with Gasteiger partial charge >= 0.3 is 5.97 Å². The van der Waals surface area contributed by atoms with Crippen molar-refractivity contribution >= 4 is 106 Å². The number of carboxylic acid groups (broad SMARTS) is 1. The van der Waals surface area contributed by atoms with Gasteiger partial charge in [0.15, 0.2) is 23.1 Å². The van der Waals surface area contributed by atoms with Gasteiger partial charge in [0.05, 0.1) is 56.3 Å². The number of aliphatic carboxylic acids is 1. The average Bonchev–Trinajstić information content (AvgIpc) is 1.70. The fraction of sp³-hybridized carbons (Fsp3) is 0.619. The Kier molecular flexibility index (Phi) is 41.1. The second kappa shape index (κ2) is 50.1. The highest BCUT2D eigenvalue weighted by atomic mass is 16.5. The Bertz CT molecular complexity index is 3880. The van der Waals surface area contributed by atoms with Crippen molar-refractivity contribution in [3.05, 3.63) is 83.7 Å². The number of fused-ring (bicyclic) bond motifs is 1. The van der Waals surface area contributed by atoms with E-state index >= 15 is 0 Å². The zero-order valence-electron chi connectivity index (χ0n) is 68.9. The van der Waals surface area contributed by atoms with Crippen molar-refractivity contribution in [1.82, 2.24) is 56.1 Å². The molecule has 117 heavy (non-hydrogen) atoms. The number of allylic oxidation sites excluding steroid dienone is 1. The molecule has 12 N–H and O–H groups in total. The van der Waals surface area contributed by atoms with Crippen molar-refractivity contribution in [1.29, 1.82) is 0 Å². The number of aliphatic hydroxyl groups is 1. The van der Waals surface area contributed by atoms with Gasteiger partial charge in [0, 0.05) is 157 Å². The number of carbonyl (C=O) groups excluding carboxylic acids is 14. The van der Waals surface area contributed by atoms with Crippen LogP contribution in [0, 0.1) is 41.4 Å². The Morgan fingerprint density at radius 1 is 0.564 bits per heavy atom. The van der Waals surface area contributed by atoms with E-state index in [0.717, 1.165) is 10.9 Å². The number of hydrogen-bond donors (Lipinski definition) is 10. The smallest absolute Gasteiger partial charge is 0.317 e. The number of rotatable bonds is 52. The Hall–Kier alpha value is -9.80. The zero-order valence-corrected chi connectivity index (χ0v) is 68.9. The fourth-order valence-corrected chi connectivity index (χ4v) is 15.0. The molecule has 0 spiro atoms. The molecule has 33 nitrogen and oxygen atoms in total. The predicted molar refractivity (Wildman–Crippen MR) is 435 cm³/mol. The van der Waals surface area contributed by atoms with Crippen LogP contribution >= 0.6 is 0 Å². The highest BCUT2D eigenvalue weighted by molar-refractivity contribution is 5.98. The van der Waals surface area contributed by atoms with Gasteiger partial charge in [-0.25, -0.2) is 0 Å². The number of primary amides is 2. The maximum absolute atomic E-state index is 14.9. The van der Waals surface area contributed by atoms with E-state index in [0.29, 0.717) is 127 Å². The minimum atomic E-state index is -1.32. The molecule has 2 saturated heterocycles. The first-order valence-electron chi connectivity index (χ1n) is 40.9. The van der Waals surface area contributed by atoms with Gasteiger partial charge in [0.25, 0.3) is 12.9 Å². The molecule has 0 radical (unpaired) electrons. The number of H-pyrrole nitrogens is 1. The number of likely N-dealkylation sites (tertiary alicyclic amines) is 1. The van der Waals surface area contributed by atoms with Gasteiger partial charge < -0.3 is 62.7 Å². The van der Waals surface area contributed by atoms with Crippen LogP contribution in [-0.2, 0) is 94.2 Å². The van der Waals surface area contributed by atoms with E-state index in [1.54, 1.807) is 73.6 Å². The summed E-state index contributed by atoms with van der Waals surface area (Å²) in [4.78, 5) is 218. The summed E-state index contributed by atoms with van der Waals surface area (Å²) >= 11 is 0. The molecule has 0 bridgehead atoms. The lowest BCUT2D eigenvalue weighted by atomic mass is 9.84. The number of Topliss-reactive ketones (excluding diaryl/α,β-unsaturated/α-hetero) is 5. The summed E-state index contributed by atoms with van der Waals surface area (Å²) in [5, 5.41) is 35.8. The molecular formula is C84H124N14O19. The third kappa shape index (κ3) is 35.1. The number of nitrogens with one attached hydrogen (secondary N) is 6. The van der Waals surface area contributed by atoms with E-state index in [-0.39, 0.29) is 114 Å². The molecule has 33 heteroatoms. The number of aromatic amines is 1. The van der Waals surface area contributed by atoms with Gasteiger partial charge in [-0.15, -0.1) is 0 Å². The van der Waals surface area contributed by atoms with Crippen molar-refractivity contribution in [2.24, 2.45) is 57.9 Å². The summed E-state index contributed by atoms with van der Waals surface area (Å²) < 4.78 is 10.1. The Morgan fingerprint density at radius 3 is 1.70 bits per heavy atom. The molecule has 0 saturated carbocycles. The monoisotopic (exact) mass is 1630 g/mol. The Balaban J connectivity index is 1.09. The summed E-state index contributed by atoms with van der Waals surface area (Å²) in [6.07, 6.45) is 3.56. The molecule has 3 aromatic rings. The van der Waals surface area contributed by atoms with Crippen LogP contribution in [0.4, 0.5) is 0 Å². The lowest BCUT2D eigenvalue weighted by Crippen LogP contribution is -2.50. The van der Waals surface area contributed by atoms with Crippen LogP contribution in [0.2, 0.25) is 0 Å². The van der Waals surface area contributed by atoms with Gasteiger partial charge in [-0.05, 0) is 98.4 Å². The number of nitrogens with two attached hydrogens (primary N) is 2. The third-order valence-electron chi connectivity index (χ3n) is 21.6. The quantitative estimate of drug-likeness (QED) is 0.0363. The molecule has 6 rings (SSSR count). The van der Waals surface area contributed by atoms with Crippen LogP contribution in [0.15, 0.2) is 77.6 Å². The van der Waals surface area contributed by atoms with Crippen molar-refractivity contribution in [2.75, 3.05) is 98.5 Å². The van der Waals surface area contributed by atoms with Crippen molar-refractivity contribution in [3.8, 4) is 0 Å². The summed E-state index contributed by atoms with van der Waals surface area (Å²) in [6, 6.07) is 10.5. The van der Waals surface area contributed by atoms with Crippen LogP contribution in [-0.4, -0.2) is 270 Å². The lowest BCUT2D eigenvalue weighted by Gasteiger charge is -2.34. The number of aliphatic imine (C=N–C) groups is 1. The van der Waals surface area contributed by atoms with Gasteiger partial charge in [0.1, 0.15) is 25.3 Å². The number of piperidine rings is 1. The molecule has 2 fully saturated rings. The van der Waals surface area contributed by atoms with E-state index in [1.807, 2.05) is 65.5 Å². The number of benzene rings is 2. The maximum Gasteiger partial charge on any atom is 0.317 e. The molecule has 0 aliphatic carbocycles. The largest absolute Gasteiger partial charge is 0.480 e. The van der Waals surface area contributed by atoms with Crippen molar-refractivity contribution in [2.45, 2.75) is 194 Å². The number of carboxylic acids is 1. The first-order chi connectivity index (χ1) is 55.7. The molecule has 3 aliphatic rings. The number of ketones is 5. The zero-order chi connectivity index (χ0) is 85.7. The number of aliphatic hydroxyl groups excluding tert-OH is 1. The minimum Gasteiger partial charge on any atom is -0.480 e.